The zero-order chi connectivity index (χ0) is 8.39. The van der Waals surface area contributed by atoms with Gasteiger partial charge < -0.3 is 5.43 Å². The Morgan fingerprint density at radius 1 is 1.33 bits per heavy atom. The van der Waals surface area contributed by atoms with Crippen LogP contribution in [0.2, 0.25) is 0 Å². The molecule has 1 aromatic carbocycles. The van der Waals surface area contributed by atoms with Gasteiger partial charge in [-0.1, -0.05) is 37.3 Å². The summed E-state index contributed by atoms with van der Waals surface area (Å²) in [6, 6.07) is 10.6. The van der Waals surface area contributed by atoms with E-state index < -0.39 is 0 Å². The van der Waals surface area contributed by atoms with Crippen molar-refractivity contribution < 1.29 is 0 Å². The van der Waals surface area contributed by atoms with Gasteiger partial charge in [0.2, 0.25) is 0 Å². The molecule has 0 aromatic heterocycles. The Morgan fingerprint density at radius 3 is 2.67 bits per heavy atom. The Balaban J connectivity index is 2.22. The van der Waals surface area contributed by atoms with E-state index in [0.717, 1.165) is 0 Å². The van der Waals surface area contributed by atoms with Gasteiger partial charge in [-0.05, 0) is 5.56 Å². The van der Waals surface area contributed by atoms with Crippen molar-refractivity contribution in [3.8, 4) is 0 Å². The first-order valence-corrected chi connectivity index (χ1v) is 4.13. The number of nitrogens with zero attached hydrogens (tertiary/aromatic N) is 1. The van der Waals surface area contributed by atoms with Crippen LogP contribution in [-0.2, 0) is 0 Å². The first-order valence-electron chi connectivity index (χ1n) is 4.13. The van der Waals surface area contributed by atoms with E-state index in [0.29, 0.717) is 12.0 Å². The van der Waals surface area contributed by atoms with Crippen molar-refractivity contribution in [3.05, 3.63) is 35.9 Å². The van der Waals surface area contributed by atoms with Gasteiger partial charge in [0.15, 0.2) is 0 Å². The van der Waals surface area contributed by atoms with Crippen molar-refractivity contribution in [2.24, 2.45) is 11.0 Å². The highest BCUT2D eigenvalue weighted by atomic mass is 15.3. The van der Waals surface area contributed by atoms with Crippen molar-refractivity contribution in [2.45, 2.75) is 13.0 Å². The van der Waals surface area contributed by atoms with Gasteiger partial charge in [-0.15, -0.1) is 0 Å². The standard InChI is InChI=1S/C10H11N2/c1-8-7-11-12-10(8)9-5-3-2-4-6-9/h2-6,8,10,12H,1H3. The molecule has 1 aliphatic heterocycles. The van der Waals surface area contributed by atoms with Crippen LogP contribution in [0, 0.1) is 5.92 Å². The predicted octanol–water partition coefficient (Wildman–Crippen LogP) is 1.83. The molecule has 2 rings (SSSR count). The highest BCUT2D eigenvalue weighted by molar-refractivity contribution is 5.63. The van der Waals surface area contributed by atoms with Crippen LogP contribution in [0.1, 0.15) is 18.5 Å². The maximum Gasteiger partial charge on any atom is 0.0891 e. The second-order valence-corrected chi connectivity index (χ2v) is 3.05. The molecule has 2 atom stereocenters. The largest absolute Gasteiger partial charge is 0.302 e. The molecule has 1 heterocycles. The first-order chi connectivity index (χ1) is 5.88. The molecule has 0 amide bonds. The van der Waals surface area contributed by atoms with Crippen molar-refractivity contribution in [3.63, 3.8) is 0 Å². The number of rotatable bonds is 1. The quantitative estimate of drug-likeness (QED) is 0.664. The van der Waals surface area contributed by atoms with Crippen LogP contribution in [0.3, 0.4) is 0 Å². The van der Waals surface area contributed by atoms with E-state index in [9.17, 15) is 0 Å². The van der Waals surface area contributed by atoms with Gasteiger partial charge in [-0.25, -0.2) is 0 Å². The molecule has 12 heavy (non-hydrogen) atoms. The smallest absolute Gasteiger partial charge is 0.0891 e. The molecule has 1 aliphatic rings. The molecule has 1 aromatic rings. The molecule has 2 nitrogen and oxygen atoms in total. The van der Waals surface area contributed by atoms with Gasteiger partial charge in [0.1, 0.15) is 0 Å². The lowest BCUT2D eigenvalue weighted by Crippen LogP contribution is -2.15. The number of benzene rings is 1. The lowest BCUT2D eigenvalue weighted by atomic mass is 9.97. The average Bonchev–Trinajstić information content (AvgIpc) is 2.53. The summed E-state index contributed by atoms with van der Waals surface area (Å²) in [5.74, 6) is 0.368. The average molecular weight is 159 g/mol. The van der Waals surface area contributed by atoms with E-state index in [4.69, 9.17) is 0 Å². The third-order valence-corrected chi connectivity index (χ3v) is 2.13. The van der Waals surface area contributed by atoms with Gasteiger partial charge in [-0.3, -0.25) is 0 Å². The zero-order valence-corrected chi connectivity index (χ0v) is 6.99. The molecular weight excluding hydrogens is 148 g/mol. The Kier molecular flexibility index (Phi) is 1.82. The third kappa shape index (κ3) is 1.20. The Hall–Kier alpha value is -1.31. The normalized spacial score (nSPS) is 27.1. The topological polar surface area (TPSA) is 24.4 Å². The van der Waals surface area contributed by atoms with Crippen molar-refractivity contribution in [1.29, 1.82) is 0 Å². The number of hydrogen-bond acceptors (Lipinski definition) is 2. The minimum absolute atomic E-state index is 0.311. The van der Waals surface area contributed by atoms with Crippen LogP contribution in [-0.4, -0.2) is 6.21 Å². The summed E-state index contributed by atoms with van der Waals surface area (Å²) in [6.07, 6.45) is 2.98. The summed E-state index contributed by atoms with van der Waals surface area (Å²) in [7, 11) is 0. The summed E-state index contributed by atoms with van der Waals surface area (Å²) in [4.78, 5) is 0. The molecule has 61 valence electrons. The maximum absolute atomic E-state index is 3.92. The SMILES string of the molecule is CC1[C]=NNC1c1ccccc1. The fourth-order valence-corrected chi connectivity index (χ4v) is 1.42. The van der Waals surface area contributed by atoms with Gasteiger partial charge in [0.05, 0.1) is 12.3 Å². The summed E-state index contributed by atoms with van der Waals surface area (Å²) >= 11 is 0. The molecule has 0 spiro atoms. The first kappa shape index (κ1) is 7.35. The van der Waals surface area contributed by atoms with Crippen molar-refractivity contribution in [1.82, 2.24) is 5.43 Å². The molecule has 0 aliphatic carbocycles. The minimum atomic E-state index is 0.311. The van der Waals surface area contributed by atoms with E-state index in [1.165, 1.54) is 5.56 Å². The lowest BCUT2D eigenvalue weighted by molar-refractivity contribution is 0.527. The van der Waals surface area contributed by atoms with Crippen LogP contribution >= 0.6 is 0 Å². The number of hydrazone groups is 1. The molecule has 1 radical (unpaired) electrons. The molecule has 0 fully saturated rings. The van der Waals surface area contributed by atoms with Crippen LogP contribution in [0.5, 0.6) is 0 Å². The fraction of sp³-hybridized carbons (Fsp3) is 0.300. The van der Waals surface area contributed by atoms with Crippen LogP contribution < -0.4 is 5.43 Å². The van der Waals surface area contributed by atoms with E-state index in [1.54, 1.807) is 0 Å². The Labute approximate surface area is 72.3 Å². The molecule has 2 heteroatoms. The number of hydrogen-bond donors (Lipinski definition) is 1. The van der Waals surface area contributed by atoms with E-state index >= 15 is 0 Å². The second-order valence-electron chi connectivity index (χ2n) is 3.05. The van der Waals surface area contributed by atoms with Crippen LogP contribution in [0.15, 0.2) is 35.4 Å². The van der Waals surface area contributed by atoms with Gasteiger partial charge >= 0.3 is 0 Å². The van der Waals surface area contributed by atoms with Gasteiger partial charge in [0.25, 0.3) is 0 Å². The molecule has 2 unspecified atom stereocenters. The van der Waals surface area contributed by atoms with E-state index in [2.05, 4.69) is 35.8 Å². The Morgan fingerprint density at radius 2 is 2.08 bits per heavy atom. The van der Waals surface area contributed by atoms with E-state index in [1.807, 2.05) is 18.2 Å². The summed E-state index contributed by atoms with van der Waals surface area (Å²) in [6.45, 7) is 2.11. The van der Waals surface area contributed by atoms with Gasteiger partial charge in [-0.2, -0.15) is 5.10 Å². The zero-order valence-electron chi connectivity index (χ0n) is 6.99. The summed E-state index contributed by atoms with van der Waals surface area (Å²) < 4.78 is 0. The monoisotopic (exact) mass is 159 g/mol. The molecule has 0 saturated heterocycles. The van der Waals surface area contributed by atoms with Crippen molar-refractivity contribution in [2.75, 3.05) is 0 Å². The van der Waals surface area contributed by atoms with Crippen molar-refractivity contribution >= 4 is 6.21 Å². The molecule has 0 bridgehead atoms. The summed E-state index contributed by atoms with van der Waals surface area (Å²) in [5, 5.41) is 3.92. The third-order valence-electron chi connectivity index (χ3n) is 2.13. The highest BCUT2D eigenvalue weighted by Crippen LogP contribution is 2.23. The molecular formula is C10H11N2. The Bertz CT molecular complexity index is 279. The predicted molar refractivity (Wildman–Crippen MR) is 48.9 cm³/mol. The molecule has 1 N–H and O–H groups in total. The lowest BCUT2D eigenvalue weighted by Gasteiger charge is -2.13. The second kappa shape index (κ2) is 2.97. The van der Waals surface area contributed by atoms with Crippen LogP contribution in [0.25, 0.3) is 0 Å². The van der Waals surface area contributed by atoms with Gasteiger partial charge in [0, 0.05) is 5.92 Å². The maximum atomic E-state index is 3.92. The number of nitrogens with one attached hydrogen (secondary N) is 1. The fourth-order valence-electron chi connectivity index (χ4n) is 1.42. The van der Waals surface area contributed by atoms with E-state index in [-0.39, 0.29) is 0 Å². The highest BCUT2D eigenvalue weighted by Gasteiger charge is 2.21. The van der Waals surface area contributed by atoms with Crippen LogP contribution in [0.4, 0.5) is 0 Å². The summed E-state index contributed by atoms with van der Waals surface area (Å²) in [5.41, 5.74) is 4.31. The molecule has 0 saturated carbocycles. The minimum Gasteiger partial charge on any atom is -0.302 e.